The Hall–Kier alpha value is -1.86. The van der Waals surface area contributed by atoms with Crippen LogP contribution in [-0.2, 0) is 16.3 Å². The largest absolute Gasteiger partial charge is 0.370 e. The Morgan fingerprint density at radius 3 is 2.68 bits per heavy atom. The van der Waals surface area contributed by atoms with Gasteiger partial charge in [-0.2, -0.15) is 0 Å². The highest BCUT2D eigenvalue weighted by atomic mass is 32.2. The van der Waals surface area contributed by atoms with Gasteiger partial charge in [0.2, 0.25) is 0 Å². The summed E-state index contributed by atoms with van der Waals surface area (Å²) in [6, 6.07) is 6.74. The number of nitrogens with zero attached hydrogens (tertiary/aromatic N) is 1. The Morgan fingerprint density at radius 1 is 1.37 bits per heavy atom. The third-order valence-electron chi connectivity index (χ3n) is 2.78. The summed E-state index contributed by atoms with van der Waals surface area (Å²) in [4.78, 5) is 4.38. The minimum Gasteiger partial charge on any atom is -0.370 e. The lowest BCUT2D eigenvalue weighted by Gasteiger charge is -2.25. The van der Waals surface area contributed by atoms with Crippen molar-refractivity contribution in [3.8, 4) is 0 Å². The molecule has 7 heteroatoms. The Morgan fingerprint density at radius 2 is 2.05 bits per heavy atom. The van der Waals surface area contributed by atoms with Crippen molar-refractivity contribution in [2.45, 2.75) is 17.0 Å². The smallest absolute Gasteiger partial charge is 0.194 e. The first-order valence-corrected chi connectivity index (χ1v) is 7.56. The maximum absolute atomic E-state index is 11.7. The normalized spacial score (nSPS) is 22.7. The molecule has 0 aromatic heterocycles. The van der Waals surface area contributed by atoms with Gasteiger partial charge in [0.1, 0.15) is 5.66 Å². The molecule has 1 aliphatic rings. The monoisotopic (exact) mass is 280 g/mol. The number of guanidine groups is 1. The molecular weight excluding hydrogens is 264 g/mol. The molecule has 2 rings (SSSR count). The predicted molar refractivity (Wildman–Crippen MR) is 74.1 cm³/mol. The van der Waals surface area contributed by atoms with E-state index in [0.29, 0.717) is 5.56 Å². The molecule has 19 heavy (non-hydrogen) atoms. The average molecular weight is 280 g/mol. The maximum Gasteiger partial charge on any atom is 0.194 e. The van der Waals surface area contributed by atoms with Gasteiger partial charge in [-0.05, 0) is 17.7 Å². The first kappa shape index (κ1) is 13.6. The van der Waals surface area contributed by atoms with Crippen LogP contribution in [-0.4, -0.2) is 26.3 Å². The number of aliphatic imine (C=N–C) groups is 1. The van der Waals surface area contributed by atoms with Crippen LogP contribution in [0.5, 0.6) is 0 Å². The highest BCUT2D eigenvalue weighted by Gasteiger charge is 2.26. The number of benzene rings is 1. The van der Waals surface area contributed by atoms with E-state index in [4.69, 9.17) is 11.5 Å². The molecule has 0 spiro atoms. The van der Waals surface area contributed by atoms with Crippen molar-refractivity contribution in [1.82, 2.24) is 5.32 Å². The molecule has 5 N–H and O–H groups in total. The van der Waals surface area contributed by atoms with Crippen molar-refractivity contribution in [2.75, 3.05) is 6.26 Å². The number of rotatable bonds is 3. The van der Waals surface area contributed by atoms with Gasteiger partial charge in [-0.25, -0.2) is 13.4 Å². The summed E-state index contributed by atoms with van der Waals surface area (Å²) < 4.78 is 23.5. The van der Waals surface area contributed by atoms with Gasteiger partial charge >= 0.3 is 0 Å². The fourth-order valence-electron chi connectivity index (χ4n) is 1.98. The molecule has 0 amide bonds. The van der Waals surface area contributed by atoms with Crippen LogP contribution in [0, 0.1) is 0 Å². The number of nitrogens with one attached hydrogen (secondary N) is 1. The molecule has 6 nitrogen and oxygen atoms in total. The van der Waals surface area contributed by atoms with Gasteiger partial charge in [-0.3, -0.25) is 0 Å². The average Bonchev–Trinajstić information content (AvgIpc) is 2.27. The van der Waals surface area contributed by atoms with Gasteiger partial charge in [0, 0.05) is 18.9 Å². The second-order valence-corrected chi connectivity index (χ2v) is 6.51. The SMILES string of the molecule is CS(=O)(=O)c1ccccc1CC1(N)C=CNC(N)=N1. The molecular formula is C12H16N4O2S. The Labute approximate surface area is 112 Å². The molecule has 102 valence electrons. The van der Waals surface area contributed by atoms with Crippen LogP contribution in [0.3, 0.4) is 0 Å². The Balaban J connectivity index is 2.40. The summed E-state index contributed by atoms with van der Waals surface area (Å²) in [7, 11) is -3.30. The lowest BCUT2D eigenvalue weighted by atomic mass is 10.0. The van der Waals surface area contributed by atoms with Crippen LogP contribution in [0.2, 0.25) is 0 Å². The molecule has 0 radical (unpaired) electrons. The molecule has 1 aromatic carbocycles. The quantitative estimate of drug-likeness (QED) is 0.705. The van der Waals surface area contributed by atoms with Crippen molar-refractivity contribution in [2.24, 2.45) is 16.5 Å². The minimum atomic E-state index is -3.30. The molecule has 0 fully saturated rings. The van der Waals surface area contributed by atoms with Crippen molar-refractivity contribution in [1.29, 1.82) is 0 Å². The fourth-order valence-corrected chi connectivity index (χ4v) is 2.92. The van der Waals surface area contributed by atoms with E-state index in [1.54, 1.807) is 36.5 Å². The minimum absolute atomic E-state index is 0.210. The molecule has 0 saturated heterocycles. The first-order valence-electron chi connectivity index (χ1n) is 5.67. The van der Waals surface area contributed by atoms with E-state index in [1.807, 2.05) is 0 Å². The van der Waals surface area contributed by atoms with E-state index in [0.717, 1.165) is 0 Å². The number of hydrogen-bond donors (Lipinski definition) is 3. The molecule has 1 heterocycles. The van der Waals surface area contributed by atoms with E-state index >= 15 is 0 Å². The summed E-state index contributed by atoms with van der Waals surface area (Å²) in [5.41, 5.74) is 11.3. The van der Waals surface area contributed by atoms with Crippen LogP contribution in [0.15, 0.2) is 46.4 Å². The number of sulfone groups is 1. The van der Waals surface area contributed by atoms with Crippen LogP contribution in [0.25, 0.3) is 0 Å². The van der Waals surface area contributed by atoms with E-state index in [1.165, 1.54) is 6.26 Å². The second-order valence-electron chi connectivity index (χ2n) is 4.52. The van der Waals surface area contributed by atoms with Gasteiger partial charge < -0.3 is 16.8 Å². The predicted octanol–water partition coefficient (Wildman–Crippen LogP) is -0.281. The van der Waals surface area contributed by atoms with Gasteiger partial charge in [0.05, 0.1) is 4.90 Å². The van der Waals surface area contributed by atoms with Gasteiger partial charge in [0.25, 0.3) is 0 Å². The van der Waals surface area contributed by atoms with Gasteiger partial charge in [-0.1, -0.05) is 18.2 Å². The molecule has 1 atom stereocenters. The Bertz CT molecular complexity index is 651. The van der Waals surface area contributed by atoms with Gasteiger partial charge in [-0.15, -0.1) is 0 Å². The van der Waals surface area contributed by atoms with Crippen LogP contribution in [0.1, 0.15) is 5.56 Å². The zero-order valence-corrected chi connectivity index (χ0v) is 11.3. The molecule has 1 aromatic rings. The van der Waals surface area contributed by atoms with Crippen LogP contribution < -0.4 is 16.8 Å². The standard InChI is InChI=1S/C12H16N4O2S/c1-19(17,18)10-5-3-2-4-9(10)8-12(14)6-7-15-11(13)16-12/h2-7H,8,14H2,1H3,(H3,13,15,16). The van der Waals surface area contributed by atoms with Crippen molar-refractivity contribution in [3.63, 3.8) is 0 Å². The zero-order chi connectivity index (χ0) is 14.1. The van der Waals surface area contributed by atoms with E-state index in [9.17, 15) is 8.42 Å². The Kier molecular flexibility index (Phi) is 3.34. The van der Waals surface area contributed by atoms with Gasteiger partial charge in [0.15, 0.2) is 15.8 Å². The van der Waals surface area contributed by atoms with E-state index in [2.05, 4.69) is 10.3 Å². The third-order valence-corrected chi connectivity index (χ3v) is 3.97. The molecule has 0 saturated carbocycles. The molecule has 1 unspecified atom stereocenters. The maximum atomic E-state index is 11.7. The summed E-state index contributed by atoms with van der Waals surface area (Å²) in [6.07, 6.45) is 4.69. The second kappa shape index (κ2) is 4.67. The summed E-state index contributed by atoms with van der Waals surface area (Å²) in [5, 5.41) is 2.72. The van der Waals surface area contributed by atoms with Crippen LogP contribution in [0.4, 0.5) is 0 Å². The highest BCUT2D eigenvalue weighted by Crippen LogP contribution is 2.22. The summed E-state index contributed by atoms with van der Waals surface area (Å²) in [5.74, 6) is 0.210. The van der Waals surface area contributed by atoms with Crippen molar-refractivity contribution >= 4 is 15.8 Å². The summed E-state index contributed by atoms with van der Waals surface area (Å²) in [6.45, 7) is 0. The highest BCUT2D eigenvalue weighted by molar-refractivity contribution is 7.90. The number of hydrogen-bond acceptors (Lipinski definition) is 6. The summed E-state index contributed by atoms with van der Waals surface area (Å²) >= 11 is 0. The van der Waals surface area contributed by atoms with E-state index in [-0.39, 0.29) is 17.3 Å². The third kappa shape index (κ3) is 3.12. The first-order chi connectivity index (χ1) is 8.80. The lowest BCUT2D eigenvalue weighted by molar-refractivity contribution is 0.535. The van der Waals surface area contributed by atoms with E-state index < -0.39 is 15.5 Å². The fraction of sp³-hybridized carbons (Fsp3) is 0.250. The number of nitrogens with two attached hydrogens (primary N) is 2. The molecule has 0 aliphatic carbocycles. The lowest BCUT2D eigenvalue weighted by Crippen LogP contribution is -2.46. The van der Waals surface area contributed by atoms with Crippen molar-refractivity contribution in [3.05, 3.63) is 42.1 Å². The topological polar surface area (TPSA) is 111 Å². The zero-order valence-electron chi connectivity index (χ0n) is 10.5. The molecule has 1 aliphatic heterocycles. The molecule has 0 bridgehead atoms. The van der Waals surface area contributed by atoms with Crippen LogP contribution >= 0.6 is 0 Å². The van der Waals surface area contributed by atoms with Crippen molar-refractivity contribution < 1.29 is 8.42 Å².